The van der Waals surface area contributed by atoms with Gasteiger partial charge in [0.2, 0.25) is 0 Å². The van der Waals surface area contributed by atoms with Crippen LogP contribution >= 0.6 is 0 Å². The van der Waals surface area contributed by atoms with Crippen molar-refractivity contribution in [3.05, 3.63) is 33.7 Å². The second-order valence-corrected chi connectivity index (χ2v) is 2.61. The van der Waals surface area contributed by atoms with Crippen LogP contribution in [0.4, 0.5) is 0 Å². The van der Waals surface area contributed by atoms with Crippen molar-refractivity contribution in [2.24, 2.45) is 5.16 Å². The molecule has 0 amide bonds. The predicted octanol–water partition coefficient (Wildman–Crippen LogP) is 0.271. The molecule has 0 aliphatic rings. The molecule has 0 radical (unpaired) electrons. The Hall–Kier alpha value is -2.11. The molecule has 6 nitrogen and oxygen atoms in total. The van der Waals surface area contributed by atoms with E-state index in [4.69, 9.17) is 10.3 Å². The number of nitrogens with zero attached hydrogens (tertiary/aromatic N) is 1. The van der Waals surface area contributed by atoms with Gasteiger partial charge in [-0.15, -0.1) is 0 Å². The van der Waals surface area contributed by atoms with E-state index in [2.05, 4.69) is 10.1 Å². The first-order valence-corrected chi connectivity index (χ1v) is 3.72. The van der Waals surface area contributed by atoms with Gasteiger partial charge in [-0.25, -0.2) is 4.79 Å². The Morgan fingerprint density at radius 1 is 1.50 bits per heavy atom. The van der Waals surface area contributed by atoms with E-state index in [1.165, 1.54) is 13.0 Å². The molecule has 3 N–H and O–H groups in total. The van der Waals surface area contributed by atoms with Crippen molar-refractivity contribution >= 4 is 11.7 Å². The summed E-state index contributed by atoms with van der Waals surface area (Å²) >= 11 is 0. The van der Waals surface area contributed by atoms with Crippen LogP contribution in [-0.2, 0) is 0 Å². The number of rotatable bonds is 2. The number of oxime groups is 1. The number of aromatic amines is 1. The second kappa shape index (κ2) is 3.73. The number of carboxylic acids is 1. The van der Waals surface area contributed by atoms with Gasteiger partial charge < -0.3 is 15.3 Å². The van der Waals surface area contributed by atoms with E-state index < -0.39 is 11.5 Å². The third kappa shape index (κ3) is 1.79. The van der Waals surface area contributed by atoms with E-state index in [1.807, 2.05) is 0 Å². The Morgan fingerprint density at radius 3 is 2.57 bits per heavy atom. The van der Waals surface area contributed by atoms with Crippen LogP contribution in [0.3, 0.4) is 0 Å². The zero-order valence-corrected chi connectivity index (χ0v) is 7.31. The Balaban J connectivity index is 3.27. The first kappa shape index (κ1) is 9.97. The van der Waals surface area contributed by atoms with Crippen LogP contribution in [0.2, 0.25) is 0 Å². The maximum Gasteiger partial charge on any atom is 0.341 e. The lowest BCUT2D eigenvalue weighted by Crippen LogP contribution is -2.19. The van der Waals surface area contributed by atoms with Crippen LogP contribution in [-0.4, -0.2) is 27.0 Å². The van der Waals surface area contributed by atoms with E-state index in [-0.39, 0.29) is 17.0 Å². The summed E-state index contributed by atoms with van der Waals surface area (Å²) in [5.41, 5.74) is -0.584. The molecule has 0 aromatic carbocycles. The number of carbonyl (C=O) groups is 1. The van der Waals surface area contributed by atoms with E-state index in [1.54, 1.807) is 0 Å². The molecule has 74 valence electrons. The minimum absolute atomic E-state index is 0.207. The largest absolute Gasteiger partial charge is 0.477 e. The summed E-state index contributed by atoms with van der Waals surface area (Å²) in [5, 5.41) is 19.8. The first-order valence-electron chi connectivity index (χ1n) is 3.72. The summed E-state index contributed by atoms with van der Waals surface area (Å²) in [6.07, 6.45) is 0. The van der Waals surface area contributed by atoms with Crippen LogP contribution in [0.1, 0.15) is 23.0 Å². The number of H-pyrrole nitrogens is 1. The van der Waals surface area contributed by atoms with Crippen LogP contribution in [0.5, 0.6) is 0 Å². The average molecular weight is 196 g/mol. The van der Waals surface area contributed by atoms with Gasteiger partial charge in [-0.05, 0) is 19.1 Å². The summed E-state index contributed by atoms with van der Waals surface area (Å²) in [5.74, 6) is -1.30. The van der Waals surface area contributed by atoms with Gasteiger partial charge >= 0.3 is 5.97 Å². The van der Waals surface area contributed by atoms with Crippen molar-refractivity contribution in [1.82, 2.24) is 4.98 Å². The summed E-state index contributed by atoms with van der Waals surface area (Å²) in [6, 6.07) is 2.52. The lowest BCUT2D eigenvalue weighted by atomic mass is 10.2. The quantitative estimate of drug-likeness (QED) is 0.359. The molecule has 6 heteroatoms. The lowest BCUT2D eigenvalue weighted by Gasteiger charge is -1.98. The molecule has 1 aromatic heterocycles. The van der Waals surface area contributed by atoms with E-state index >= 15 is 0 Å². The van der Waals surface area contributed by atoms with Gasteiger partial charge in [0.1, 0.15) is 5.56 Å². The number of pyridine rings is 1. The normalized spacial score (nSPS) is 11.4. The highest BCUT2D eigenvalue weighted by molar-refractivity contribution is 5.97. The van der Waals surface area contributed by atoms with Crippen molar-refractivity contribution in [2.45, 2.75) is 6.92 Å². The van der Waals surface area contributed by atoms with Crippen molar-refractivity contribution in [1.29, 1.82) is 0 Å². The van der Waals surface area contributed by atoms with Crippen molar-refractivity contribution in [3.8, 4) is 0 Å². The maximum absolute atomic E-state index is 11.1. The number of aromatic carboxylic acids is 1. The van der Waals surface area contributed by atoms with Gasteiger partial charge in [-0.1, -0.05) is 5.16 Å². The summed E-state index contributed by atoms with van der Waals surface area (Å²) < 4.78 is 0. The fourth-order valence-corrected chi connectivity index (χ4v) is 0.907. The smallest absolute Gasteiger partial charge is 0.341 e. The van der Waals surface area contributed by atoms with Crippen LogP contribution < -0.4 is 5.56 Å². The number of hydrogen-bond acceptors (Lipinski definition) is 4. The molecule has 1 rings (SSSR count). The highest BCUT2D eigenvalue weighted by Gasteiger charge is 2.09. The monoisotopic (exact) mass is 196 g/mol. The molecule has 1 aromatic rings. The van der Waals surface area contributed by atoms with Crippen molar-refractivity contribution in [3.63, 3.8) is 0 Å². The number of hydrogen-bond donors (Lipinski definition) is 3. The summed E-state index contributed by atoms with van der Waals surface area (Å²) in [6.45, 7) is 1.48. The third-order valence-electron chi connectivity index (χ3n) is 1.68. The van der Waals surface area contributed by atoms with E-state index in [0.717, 1.165) is 6.07 Å². The first-order chi connectivity index (χ1) is 6.56. The van der Waals surface area contributed by atoms with E-state index in [9.17, 15) is 9.59 Å². The lowest BCUT2D eigenvalue weighted by molar-refractivity contribution is 0.0695. The molecule has 0 saturated heterocycles. The molecule has 0 bridgehead atoms. The Kier molecular flexibility index (Phi) is 2.66. The number of aromatic nitrogens is 1. The standard InChI is InChI=1S/C8H8N2O4/c1-4(10-14)6-3-2-5(8(12)13)7(11)9-6/h2-3,14H,1H3,(H,9,11)(H,12,13)/b10-4-. The van der Waals surface area contributed by atoms with Gasteiger partial charge in [-0.3, -0.25) is 4.79 Å². The molecule has 0 unspecified atom stereocenters. The van der Waals surface area contributed by atoms with Gasteiger partial charge in [0.25, 0.3) is 5.56 Å². The number of carboxylic acid groups (broad SMARTS) is 1. The molecule has 0 aliphatic carbocycles. The third-order valence-corrected chi connectivity index (χ3v) is 1.68. The molecule has 0 atom stereocenters. The molecule has 0 saturated carbocycles. The topological polar surface area (TPSA) is 103 Å². The average Bonchev–Trinajstić information content (AvgIpc) is 2.15. The van der Waals surface area contributed by atoms with E-state index in [0.29, 0.717) is 0 Å². The second-order valence-electron chi connectivity index (χ2n) is 2.61. The predicted molar refractivity (Wildman–Crippen MR) is 48.0 cm³/mol. The molecular formula is C8H8N2O4. The molecule has 0 fully saturated rings. The molecular weight excluding hydrogens is 188 g/mol. The fraction of sp³-hybridized carbons (Fsp3) is 0.125. The Labute approximate surface area is 78.5 Å². The minimum atomic E-state index is -1.30. The SMILES string of the molecule is C/C(=N/O)c1ccc(C(=O)O)c(=O)[nH]1. The van der Waals surface area contributed by atoms with Crippen LogP contribution in [0.15, 0.2) is 22.1 Å². The number of nitrogens with one attached hydrogen (secondary N) is 1. The highest BCUT2D eigenvalue weighted by Crippen LogP contribution is 1.97. The zero-order valence-electron chi connectivity index (χ0n) is 7.31. The van der Waals surface area contributed by atoms with Gasteiger partial charge in [0.05, 0.1) is 11.4 Å². The summed E-state index contributed by atoms with van der Waals surface area (Å²) in [7, 11) is 0. The Bertz CT molecular complexity index is 447. The molecule has 1 heterocycles. The van der Waals surface area contributed by atoms with Crippen molar-refractivity contribution in [2.75, 3.05) is 0 Å². The van der Waals surface area contributed by atoms with Crippen molar-refractivity contribution < 1.29 is 15.1 Å². The molecule has 0 spiro atoms. The van der Waals surface area contributed by atoms with Crippen LogP contribution in [0.25, 0.3) is 0 Å². The maximum atomic E-state index is 11.1. The highest BCUT2D eigenvalue weighted by atomic mass is 16.4. The van der Waals surface area contributed by atoms with Gasteiger partial charge in [0.15, 0.2) is 0 Å². The van der Waals surface area contributed by atoms with Gasteiger partial charge in [-0.2, -0.15) is 0 Å². The Morgan fingerprint density at radius 2 is 2.14 bits per heavy atom. The molecule has 14 heavy (non-hydrogen) atoms. The van der Waals surface area contributed by atoms with Gasteiger partial charge in [0, 0.05) is 0 Å². The van der Waals surface area contributed by atoms with Crippen LogP contribution in [0, 0.1) is 0 Å². The fourth-order valence-electron chi connectivity index (χ4n) is 0.907. The zero-order chi connectivity index (χ0) is 10.7. The molecule has 0 aliphatic heterocycles. The minimum Gasteiger partial charge on any atom is -0.477 e. The summed E-state index contributed by atoms with van der Waals surface area (Å²) in [4.78, 5) is 23.9.